The number of thioether (sulfide) groups is 1. The van der Waals surface area contributed by atoms with Gasteiger partial charge in [-0.3, -0.25) is 9.36 Å². The van der Waals surface area contributed by atoms with Crippen LogP contribution in [-0.4, -0.2) is 24.7 Å². The highest BCUT2D eigenvalue weighted by atomic mass is 35.5. The van der Waals surface area contributed by atoms with Crippen LogP contribution in [0.1, 0.15) is 27.2 Å². The van der Waals surface area contributed by atoms with Crippen molar-refractivity contribution in [3.8, 4) is 0 Å². The van der Waals surface area contributed by atoms with Crippen LogP contribution in [-0.2, 0) is 17.8 Å². The number of nitrogens with zero attached hydrogens (tertiary/aromatic N) is 3. The minimum Gasteiger partial charge on any atom is -0.465 e. The quantitative estimate of drug-likeness (QED) is 0.272. The minimum atomic E-state index is -0.323. The number of hydrogen-bond acceptors (Lipinski definition) is 8. The van der Waals surface area contributed by atoms with Crippen LogP contribution in [0.4, 0.5) is 5.69 Å². The van der Waals surface area contributed by atoms with Gasteiger partial charge < -0.3 is 9.64 Å². The average Bonchev–Trinajstić information content (AvgIpc) is 3.62. The van der Waals surface area contributed by atoms with Crippen molar-refractivity contribution in [1.29, 1.82) is 0 Å². The maximum atomic E-state index is 13.4. The number of methoxy groups -OCH3 is 1. The van der Waals surface area contributed by atoms with Gasteiger partial charge in [-0.05, 0) is 36.6 Å². The third-order valence-electron chi connectivity index (χ3n) is 5.63. The van der Waals surface area contributed by atoms with E-state index in [0.29, 0.717) is 27.5 Å². The molecule has 0 aliphatic carbocycles. The summed E-state index contributed by atoms with van der Waals surface area (Å²) in [5.41, 5.74) is 1.92. The molecule has 1 aliphatic heterocycles. The van der Waals surface area contributed by atoms with Crippen molar-refractivity contribution in [3.05, 3.63) is 81.2 Å². The van der Waals surface area contributed by atoms with Gasteiger partial charge in [0.15, 0.2) is 12.7 Å². The number of carbonyl (C=O) groups excluding carboxylic acids is 1. The van der Waals surface area contributed by atoms with E-state index in [2.05, 4.69) is 10.6 Å². The van der Waals surface area contributed by atoms with Gasteiger partial charge in [-0.1, -0.05) is 34.7 Å². The van der Waals surface area contributed by atoms with Crippen LogP contribution in [0.2, 0.25) is 5.02 Å². The van der Waals surface area contributed by atoms with Crippen molar-refractivity contribution < 1.29 is 14.1 Å². The number of ether oxygens (including phenoxy) is 1. The number of thiophene rings is 1. The van der Waals surface area contributed by atoms with Crippen LogP contribution < -0.4 is 24.2 Å². The van der Waals surface area contributed by atoms with E-state index in [1.807, 2.05) is 64.7 Å². The standard InChI is InChI=1S/C24H21ClN3O3S4/c1-4-28-19(12-18-27(8-10-32-18)13-14-7-9-33-20(14)24(30)31-3)35-21(22(28)29)23-26(2)16-11-15(25)5-6-17(16)34-23/h5-12H,4,13H2,1-3H3/q+1/b23-21+. The molecule has 0 radical (unpaired) electrons. The Bertz CT molecular complexity index is 1620. The number of benzene rings is 1. The molecule has 0 fully saturated rings. The lowest BCUT2D eigenvalue weighted by Crippen LogP contribution is -2.36. The summed E-state index contributed by atoms with van der Waals surface area (Å²) < 4.78 is 10.4. The summed E-state index contributed by atoms with van der Waals surface area (Å²) in [5.74, 6) is -0.323. The molecule has 0 atom stereocenters. The molecule has 0 amide bonds. The highest BCUT2D eigenvalue weighted by molar-refractivity contribution is 8.08. The zero-order valence-electron chi connectivity index (χ0n) is 19.1. The molecule has 0 N–H and O–H groups in total. The van der Waals surface area contributed by atoms with E-state index in [4.69, 9.17) is 16.3 Å². The topological polar surface area (TPSA) is 55.4 Å². The third-order valence-corrected chi connectivity index (χ3v) is 10.1. The van der Waals surface area contributed by atoms with Crippen molar-refractivity contribution in [2.45, 2.75) is 24.9 Å². The SMILES string of the molecule is CCn1c(=O)/c(=C2\Sc3ccc(Cl)cc3N2C)s/c1=C\c1scc[n+]1Cc1ccsc1C(=O)OC. The number of anilines is 1. The van der Waals surface area contributed by atoms with E-state index in [-0.39, 0.29) is 11.5 Å². The van der Waals surface area contributed by atoms with E-state index in [1.165, 1.54) is 29.8 Å². The number of rotatable bonds is 5. The molecule has 0 saturated carbocycles. The number of thiazole rings is 2. The Balaban J connectivity index is 1.58. The van der Waals surface area contributed by atoms with Crippen LogP contribution in [0.3, 0.4) is 0 Å². The van der Waals surface area contributed by atoms with Crippen LogP contribution in [0.15, 0.2) is 50.9 Å². The molecule has 4 aromatic rings. The summed E-state index contributed by atoms with van der Waals surface area (Å²) in [6.45, 7) is 3.10. The normalized spacial score (nSPS) is 15.1. The van der Waals surface area contributed by atoms with E-state index in [0.717, 1.165) is 30.8 Å². The second-order valence-electron chi connectivity index (χ2n) is 7.68. The van der Waals surface area contributed by atoms with Crippen molar-refractivity contribution >= 4 is 80.1 Å². The molecule has 1 aliphatic rings. The van der Waals surface area contributed by atoms with Gasteiger partial charge in [0.25, 0.3) is 10.6 Å². The maximum absolute atomic E-state index is 13.4. The van der Waals surface area contributed by atoms with E-state index < -0.39 is 0 Å². The number of halogens is 1. The lowest BCUT2D eigenvalue weighted by molar-refractivity contribution is -0.685. The summed E-state index contributed by atoms with van der Waals surface area (Å²) >= 11 is 12.3. The molecular weight excluding hydrogens is 542 g/mol. The van der Waals surface area contributed by atoms with Crippen LogP contribution in [0.25, 0.3) is 11.1 Å². The summed E-state index contributed by atoms with van der Waals surface area (Å²) in [6, 6.07) is 7.74. The molecule has 11 heteroatoms. The van der Waals surface area contributed by atoms with Crippen LogP contribution in [0, 0.1) is 0 Å². The first-order chi connectivity index (χ1) is 16.9. The highest BCUT2D eigenvalue weighted by Crippen LogP contribution is 2.46. The number of fused-ring (bicyclic) bond motifs is 1. The lowest BCUT2D eigenvalue weighted by Gasteiger charge is -2.12. The van der Waals surface area contributed by atoms with Gasteiger partial charge in [-0.2, -0.15) is 4.57 Å². The molecule has 0 saturated heterocycles. The van der Waals surface area contributed by atoms with Gasteiger partial charge in [0.2, 0.25) is 0 Å². The molecule has 0 bridgehead atoms. The molecule has 0 unspecified atom stereocenters. The largest absolute Gasteiger partial charge is 0.465 e. The lowest BCUT2D eigenvalue weighted by atomic mass is 10.2. The zero-order valence-corrected chi connectivity index (χ0v) is 23.1. The fourth-order valence-corrected chi connectivity index (χ4v) is 8.17. The highest BCUT2D eigenvalue weighted by Gasteiger charge is 2.25. The Morgan fingerprint density at radius 1 is 1.23 bits per heavy atom. The van der Waals surface area contributed by atoms with Gasteiger partial charge in [-0.25, -0.2) is 4.79 Å². The first kappa shape index (κ1) is 24.3. The Hall–Kier alpha value is -2.37. The Kier molecular flexibility index (Phi) is 6.91. The Morgan fingerprint density at radius 3 is 2.83 bits per heavy atom. The van der Waals surface area contributed by atoms with E-state index in [1.54, 1.807) is 23.1 Å². The second-order valence-corrected chi connectivity index (χ2v) is 12.0. The molecule has 35 heavy (non-hydrogen) atoms. The average molecular weight is 563 g/mol. The number of carbonyl (C=O) groups is 1. The smallest absolute Gasteiger partial charge is 0.348 e. The first-order valence-corrected chi connectivity index (χ1v) is 14.5. The Morgan fingerprint density at radius 2 is 2.06 bits per heavy atom. The monoisotopic (exact) mass is 562 g/mol. The van der Waals surface area contributed by atoms with Gasteiger partial charge in [0.1, 0.15) is 19.1 Å². The number of aromatic nitrogens is 2. The molecule has 4 heterocycles. The predicted molar refractivity (Wildman–Crippen MR) is 145 cm³/mol. The zero-order chi connectivity index (χ0) is 24.7. The third kappa shape index (κ3) is 4.49. The van der Waals surface area contributed by atoms with Gasteiger partial charge in [-0.15, -0.1) is 22.7 Å². The predicted octanol–water partition coefficient (Wildman–Crippen LogP) is 3.97. The first-order valence-electron chi connectivity index (χ1n) is 10.7. The van der Waals surface area contributed by atoms with Crippen molar-refractivity contribution in [3.63, 3.8) is 0 Å². The molecule has 6 nitrogen and oxygen atoms in total. The van der Waals surface area contributed by atoms with E-state index >= 15 is 0 Å². The fraction of sp³-hybridized carbons (Fsp3) is 0.208. The van der Waals surface area contributed by atoms with Crippen LogP contribution in [0.5, 0.6) is 0 Å². The second kappa shape index (κ2) is 9.94. The van der Waals surface area contributed by atoms with Crippen molar-refractivity contribution in [2.75, 3.05) is 19.1 Å². The molecule has 3 aromatic heterocycles. The molecule has 180 valence electrons. The number of esters is 1. The maximum Gasteiger partial charge on any atom is 0.348 e. The molecule has 5 rings (SSSR count). The van der Waals surface area contributed by atoms with Crippen molar-refractivity contribution in [1.82, 2.24) is 4.57 Å². The van der Waals surface area contributed by atoms with Crippen molar-refractivity contribution in [2.24, 2.45) is 0 Å². The summed E-state index contributed by atoms with van der Waals surface area (Å²) in [7, 11) is 3.36. The van der Waals surface area contributed by atoms with Crippen LogP contribution >= 0.6 is 57.4 Å². The van der Waals surface area contributed by atoms with Gasteiger partial charge in [0.05, 0.1) is 24.3 Å². The van der Waals surface area contributed by atoms with Gasteiger partial charge in [0, 0.05) is 29.1 Å². The minimum absolute atomic E-state index is 0.00548. The van der Waals surface area contributed by atoms with Gasteiger partial charge >= 0.3 is 5.97 Å². The Labute approximate surface area is 223 Å². The molecule has 0 spiro atoms. The fourth-order valence-electron chi connectivity index (χ4n) is 3.87. The molecular formula is C24H21ClN3O3S4+. The summed E-state index contributed by atoms with van der Waals surface area (Å²) in [4.78, 5) is 29.2. The summed E-state index contributed by atoms with van der Waals surface area (Å²) in [6.07, 6.45) is 4.05. The van der Waals surface area contributed by atoms with E-state index in [9.17, 15) is 9.59 Å². The number of hydrogen-bond donors (Lipinski definition) is 0. The summed E-state index contributed by atoms with van der Waals surface area (Å²) in [5, 5.41) is 6.49. The molecule has 1 aromatic carbocycles.